The quantitative estimate of drug-likeness (QED) is 0.552. The number of carbonyl (C=O) groups is 2. The molecule has 0 radical (unpaired) electrons. The van der Waals surface area contributed by atoms with Crippen molar-refractivity contribution in [1.29, 1.82) is 0 Å². The average molecular weight is 437 g/mol. The molecule has 2 aliphatic rings. The smallest absolute Gasteiger partial charge is 0.338 e. The molecule has 1 aromatic carbocycles. The molecule has 1 aliphatic carbocycles. The maximum absolute atomic E-state index is 12.9. The second-order valence-electron chi connectivity index (χ2n) is 8.11. The van der Waals surface area contributed by atoms with Crippen LogP contribution >= 0.6 is 11.3 Å². The van der Waals surface area contributed by atoms with Crippen LogP contribution in [0.1, 0.15) is 63.4 Å². The molecule has 2 aromatic heterocycles. The second-order valence-corrected chi connectivity index (χ2v) is 9.21. The Kier molecular flexibility index (Phi) is 5.06. The van der Waals surface area contributed by atoms with Crippen LogP contribution in [-0.4, -0.2) is 18.5 Å². The first-order chi connectivity index (χ1) is 15.0. The monoisotopic (exact) mass is 436 g/mol. The van der Waals surface area contributed by atoms with E-state index in [-0.39, 0.29) is 11.9 Å². The average Bonchev–Trinajstić information content (AvgIpc) is 3.38. The summed E-state index contributed by atoms with van der Waals surface area (Å²) in [5.74, 6) is 1.60. The van der Waals surface area contributed by atoms with Crippen molar-refractivity contribution in [3.63, 3.8) is 0 Å². The van der Waals surface area contributed by atoms with Gasteiger partial charge in [-0.05, 0) is 61.9 Å². The highest BCUT2D eigenvalue weighted by molar-refractivity contribution is 7.16. The minimum absolute atomic E-state index is 0.0393. The van der Waals surface area contributed by atoms with Crippen LogP contribution in [0.3, 0.4) is 0 Å². The number of furan rings is 1. The number of amides is 1. The Hall–Kier alpha value is -3.06. The highest BCUT2D eigenvalue weighted by Crippen LogP contribution is 2.42. The number of hydrogen-bond acceptors (Lipinski definition) is 6. The Morgan fingerprint density at radius 3 is 2.77 bits per heavy atom. The van der Waals surface area contributed by atoms with Gasteiger partial charge >= 0.3 is 5.97 Å². The van der Waals surface area contributed by atoms with Gasteiger partial charge in [0.15, 0.2) is 6.17 Å². The lowest BCUT2D eigenvalue weighted by Gasteiger charge is -2.25. The maximum Gasteiger partial charge on any atom is 0.338 e. The van der Waals surface area contributed by atoms with Crippen LogP contribution in [0.15, 0.2) is 40.8 Å². The number of ether oxygens (including phenoxy) is 1. The van der Waals surface area contributed by atoms with Gasteiger partial charge in [-0.2, -0.15) is 0 Å². The lowest BCUT2D eigenvalue weighted by Crippen LogP contribution is -2.38. The van der Waals surface area contributed by atoms with E-state index in [9.17, 15) is 9.59 Å². The standard InChI is InChI=1S/C24H24N2O4S/c1-3-29-24(28)15-7-5-14(6-8-15)17-10-11-18(30-17)21-25-22(27)20-16-9-4-13(2)12-19(16)31-23(20)26-21/h5-8,10-11,13,21,26H,3-4,9,12H2,1-2H3,(H,25,27)/t13-,21+/m1/s1. The summed E-state index contributed by atoms with van der Waals surface area (Å²) in [6.45, 7) is 4.39. The Bertz CT molecular complexity index is 1150. The van der Waals surface area contributed by atoms with E-state index in [1.54, 1.807) is 30.4 Å². The number of anilines is 1. The molecule has 3 aromatic rings. The van der Waals surface area contributed by atoms with E-state index >= 15 is 0 Å². The van der Waals surface area contributed by atoms with Gasteiger partial charge in [-0.15, -0.1) is 11.3 Å². The summed E-state index contributed by atoms with van der Waals surface area (Å²) in [4.78, 5) is 26.0. The number of benzene rings is 1. The van der Waals surface area contributed by atoms with Crippen molar-refractivity contribution in [3.05, 3.63) is 63.7 Å². The fourth-order valence-corrected chi connectivity index (χ4v) is 5.69. The zero-order valence-electron chi connectivity index (χ0n) is 17.5. The molecule has 0 unspecified atom stereocenters. The molecule has 1 aliphatic heterocycles. The van der Waals surface area contributed by atoms with Crippen LogP contribution in [-0.2, 0) is 17.6 Å². The number of carbonyl (C=O) groups excluding carboxylic acids is 2. The van der Waals surface area contributed by atoms with Gasteiger partial charge in [0.05, 0.1) is 17.7 Å². The zero-order valence-corrected chi connectivity index (χ0v) is 18.3. The van der Waals surface area contributed by atoms with E-state index in [4.69, 9.17) is 9.15 Å². The summed E-state index contributed by atoms with van der Waals surface area (Å²) in [7, 11) is 0. The summed E-state index contributed by atoms with van der Waals surface area (Å²) in [6.07, 6.45) is 2.72. The summed E-state index contributed by atoms with van der Waals surface area (Å²) < 4.78 is 11.1. The molecule has 3 heterocycles. The van der Waals surface area contributed by atoms with Crippen molar-refractivity contribution >= 4 is 28.2 Å². The van der Waals surface area contributed by atoms with E-state index in [1.165, 1.54) is 10.4 Å². The predicted octanol–water partition coefficient (Wildman–Crippen LogP) is 5.16. The predicted molar refractivity (Wildman–Crippen MR) is 119 cm³/mol. The molecule has 2 N–H and O–H groups in total. The summed E-state index contributed by atoms with van der Waals surface area (Å²) >= 11 is 1.70. The van der Waals surface area contributed by atoms with Gasteiger partial charge in [-0.1, -0.05) is 19.1 Å². The van der Waals surface area contributed by atoms with Gasteiger partial charge in [-0.25, -0.2) is 4.79 Å². The topological polar surface area (TPSA) is 80.6 Å². The maximum atomic E-state index is 12.9. The van der Waals surface area contributed by atoms with Crippen LogP contribution in [0.4, 0.5) is 5.00 Å². The Balaban J connectivity index is 1.36. The van der Waals surface area contributed by atoms with E-state index in [0.717, 1.165) is 35.4 Å². The van der Waals surface area contributed by atoms with Gasteiger partial charge in [0, 0.05) is 10.4 Å². The van der Waals surface area contributed by atoms with E-state index in [1.807, 2.05) is 24.3 Å². The van der Waals surface area contributed by atoms with Crippen LogP contribution in [0.5, 0.6) is 0 Å². The lowest BCUT2D eigenvalue weighted by molar-refractivity contribution is 0.0526. The van der Waals surface area contributed by atoms with Gasteiger partial charge < -0.3 is 19.8 Å². The van der Waals surface area contributed by atoms with Crippen molar-refractivity contribution in [2.45, 2.75) is 39.3 Å². The van der Waals surface area contributed by atoms with Crippen molar-refractivity contribution in [3.8, 4) is 11.3 Å². The zero-order chi connectivity index (χ0) is 21.5. The molecule has 5 rings (SSSR count). The van der Waals surface area contributed by atoms with E-state index < -0.39 is 6.17 Å². The molecular weight excluding hydrogens is 412 g/mol. The first-order valence-electron chi connectivity index (χ1n) is 10.6. The summed E-state index contributed by atoms with van der Waals surface area (Å²) in [5, 5.41) is 7.43. The minimum Gasteiger partial charge on any atom is -0.462 e. The van der Waals surface area contributed by atoms with Gasteiger partial charge in [-0.3, -0.25) is 4.79 Å². The lowest BCUT2D eigenvalue weighted by atomic mass is 9.88. The Morgan fingerprint density at radius 1 is 1.19 bits per heavy atom. The highest BCUT2D eigenvalue weighted by atomic mass is 32.1. The van der Waals surface area contributed by atoms with Gasteiger partial charge in [0.1, 0.15) is 16.5 Å². The van der Waals surface area contributed by atoms with E-state index in [2.05, 4.69) is 17.6 Å². The largest absolute Gasteiger partial charge is 0.462 e. The summed E-state index contributed by atoms with van der Waals surface area (Å²) in [6, 6.07) is 10.8. The molecular formula is C24H24N2O4S. The third kappa shape index (κ3) is 3.63. The number of fused-ring (bicyclic) bond motifs is 3. The van der Waals surface area contributed by atoms with Crippen molar-refractivity contribution < 1.29 is 18.7 Å². The third-order valence-corrected chi connectivity index (χ3v) is 7.07. The Labute approximate surface area is 184 Å². The van der Waals surface area contributed by atoms with Crippen molar-refractivity contribution in [2.24, 2.45) is 5.92 Å². The number of thiophene rings is 1. The molecule has 6 nitrogen and oxygen atoms in total. The molecule has 2 atom stereocenters. The summed E-state index contributed by atoms with van der Waals surface area (Å²) in [5.41, 5.74) is 3.37. The van der Waals surface area contributed by atoms with Crippen LogP contribution in [0, 0.1) is 5.92 Å². The fourth-order valence-electron chi connectivity index (χ4n) is 4.25. The number of hydrogen-bond donors (Lipinski definition) is 2. The molecule has 0 saturated heterocycles. The van der Waals surface area contributed by atoms with Crippen LogP contribution < -0.4 is 10.6 Å². The fraction of sp³-hybridized carbons (Fsp3) is 0.333. The second kappa shape index (κ2) is 7.89. The molecule has 1 amide bonds. The number of esters is 1. The third-order valence-electron chi connectivity index (χ3n) is 5.88. The molecule has 0 saturated carbocycles. The molecule has 0 fully saturated rings. The molecule has 0 spiro atoms. The molecule has 31 heavy (non-hydrogen) atoms. The van der Waals surface area contributed by atoms with Crippen LogP contribution in [0.25, 0.3) is 11.3 Å². The van der Waals surface area contributed by atoms with E-state index in [0.29, 0.717) is 29.6 Å². The van der Waals surface area contributed by atoms with Gasteiger partial charge in [0.2, 0.25) is 0 Å². The molecule has 7 heteroatoms. The van der Waals surface area contributed by atoms with Crippen LogP contribution in [0.2, 0.25) is 0 Å². The first kappa shape index (κ1) is 19.9. The molecule has 160 valence electrons. The molecule has 0 bridgehead atoms. The van der Waals surface area contributed by atoms with Crippen molar-refractivity contribution in [2.75, 3.05) is 11.9 Å². The SMILES string of the molecule is CCOC(=O)c1ccc(-c2ccc([C@H]3NC(=O)c4c(sc5c4CC[C@@H](C)C5)N3)o2)cc1. The number of rotatable bonds is 4. The van der Waals surface area contributed by atoms with Crippen molar-refractivity contribution in [1.82, 2.24) is 5.32 Å². The van der Waals surface area contributed by atoms with Gasteiger partial charge in [0.25, 0.3) is 5.91 Å². The number of nitrogens with one attached hydrogen (secondary N) is 2. The first-order valence-corrected chi connectivity index (χ1v) is 11.4. The Morgan fingerprint density at radius 2 is 2.00 bits per heavy atom. The highest BCUT2D eigenvalue weighted by Gasteiger charge is 2.34. The normalized spacial score (nSPS) is 19.7. The minimum atomic E-state index is -0.412.